The van der Waals surface area contributed by atoms with Gasteiger partial charge in [-0.05, 0) is 48.4 Å². The molecule has 0 spiro atoms. The Balaban J connectivity index is 1.41. The first-order valence-corrected chi connectivity index (χ1v) is 12.6. The van der Waals surface area contributed by atoms with Crippen molar-refractivity contribution in [3.05, 3.63) is 106 Å². The summed E-state index contributed by atoms with van der Waals surface area (Å²) in [6.07, 6.45) is 2.39. The van der Waals surface area contributed by atoms with Gasteiger partial charge in [0, 0.05) is 18.3 Å². The van der Waals surface area contributed by atoms with E-state index in [-0.39, 0.29) is 11.7 Å². The molecule has 39 heavy (non-hydrogen) atoms. The summed E-state index contributed by atoms with van der Waals surface area (Å²) in [5.41, 5.74) is 4.56. The summed E-state index contributed by atoms with van der Waals surface area (Å²) in [4.78, 5) is 15.0. The van der Waals surface area contributed by atoms with E-state index in [9.17, 15) is 4.79 Å². The van der Waals surface area contributed by atoms with Gasteiger partial charge in [-0.1, -0.05) is 36.4 Å². The number of hydrogen-bond acceptors (Lipinski definition) is 8. The van der Waals surface area contributed by atoms with E-state index >= 15 is 0 Å². The van der Waals surface area contributed by atoms with Gasteiger partial charge < -0.3 is 14.4 Å². The molecule has 2 aromatic heterocycles. The molecule has 0 bridgehead atoms. The van der Waals surface area contributed by atoms with Crippen LogP contribution in [-0.4, -0.2) is 51.5 Å². The monoisotopic (exact) mass is 519 g/mol. The molecule has 0 amide bonds. The molecule has 0 radical (unpaired) electrons. The van der Waals surface area contributed by atoms with Crippen molar-refractivity contribution in [1.82, 2.24) is 24.9 Å². The van der Waals surface area contributed by atoms with Crippen LogP contribution in [0.5, 0.6) is 11.5 Å². The average Bonchev–Trinajstić information content (AvgIpc) is 3.61. The van der Waals surface area contributed by atoms with E-state index in [4.69, 9.17) is 14.6 Å². The molecule has 0 saturated heterocycles. The van der Waals surface area contributed by atoms with Crippen molar-refractivity contribution in [2.24, 2.45) is 5.10 Å². The largest absolute Gasteiger partial charge is 0.493 e. The SMILES string of the molecule is COc1cc2c(cc1OC)C1N(CC2)C(c2n[nH]c(=O)c3nn(-c4ccccc4)cc23)=NN1c1ccccc1. The number of amidine groups is 1. The molecular formula is C29H25N7O3. The molecular weight excluding hydrogens is 494 g/mol. The van der Waals surface area contributed by atoms with Crippen LogP contribution < -0.4 is 20.0 Å². The topological polar surface area (TPSA) is 101 Å². The molecule has 1 atom stereocenters. The predicted octanol–water partition coefficient (Wildman–Crippen LogP) is 3.86. The maximum atomic E-state index is 12.8. The highest BCUT2D eigenvalue weighted by molar-refractivity contribution is 6.08. The van der Waals surface area contributed by atoms with Crippen LogP contribution in [0.2, 0.25) is 0 Å². The highest BCUT2D eigenvalue weighted by atomic mass is 16.5. The van der Waals surface area contributed by atoms with Crippen molar-refractivity contribution in [2.75, 3.05) is 25.8 Å². The fraction of sp³-hybridized carbons (Fsp3) is 0.172. The van der Waals surface area contributed by atoms with Crippen LogP contribution in [-0.2, 0) is 6.42 Å². The third-order valence-corrected chi connectivity index (χ3v) is 7.25. The first kappa shape index (κ1) is 23.0. The van der Waals surface area contributed by atoms with E-state index in [1.54, 1.807) is 18.9 Å². The van der Waals surface area contributed by atoms with E-state index in [0.717, 1.165) is 23.4 Å². The molecule has 1 unspecified atom stereocenters. The molecule has 5 aromatic rings. The van der Waals surface area contributed by atoms with Gasteiger partial charge in [0.1, 0.15) is 5.69 Å². The molecule has 3 aromatic carbocycles. The second-order valence-corrected chi connectivity index (χ2v) is 9.40. The minimum Gasteiger partial charge on any atom is -0.493 e. The lowest BCUT2D eigenvalue weighted by Crippen LogP contribution is -2.41. The van der Waals surface area contributed by atoms with Gasteiger partial charge in [-0.15, -0.1) is 5.10 Å². The van der Waals surface area contributed by atoms with E-state index in [2.05, 4.69) is 20.2 Å². The number of rotatable bonds is 5. The Bertz CT molecular complexity index is 1780. The molecule has 1 N–H and O–H groups in total. The summed E-state index contributed by atoms with van der Waals surface area (Å²) in [7, 11) is 3.29. The highest BCUT2D eigenvalue weighted by Crippen LogP contribution is 2.44. The van der Waals surface area contributed by atoms with Crippen LogP contribution in [0.4, 0.5) is 5.69 Å². The number of ether oxygens (including phenoxy) is 2. The third-order valence-electron chi connectivity index (χ3n) is 7.25. The Morgan fingerprint density at radius 3 is 2.33 bits per heavy atom. The molecule has 2 aliphatic heterocycles. The molecule has 0 fully saturated rings. The number of hydrazone groups is 1. The maximum absolute atomic E-state index is 12.8. The van der Waals surface area contributed by atoms with Gasteiger partial charge in [0.05, 0.1) is 31.0 Å². The maximum Gasteiger partial charge on any atom is 0.292 e. The van der Waals surface area contributed by atoms with Crippen molar-refractivity contribution in [1.29, 1.82) is 0 Å². The lowest BCUT2D eigenvalue weighted by Gasteiger charge is -2.37. The number of nitrogens with one attached hydrogen (secondary N) is 1. The number of methoxy groups -OCH3 is 2. The van der Waals surface area contributed by atoms with E-state index in [1.807, 2.05) is 84.0 Å². The zero-order valence-electron chi connectivity index (χ0n) is 21.4. The number of aromatic nitrogens is 4. The number of para-hydroxylation sites is 2. The summed E-state index contributed by atoms with van der Waals surface area (Å²) in [5, 5.41) is 19.5. The van der Waals surface area contributed by atoms with Crippen LogP contribution in [0.1, 0.15) is 23.0 Å². The number of anilines is 1. The summed E-state index contributed by atoms with van der Waals surface area (Å²) in [5.74, 6) is 2.03. The van der Waals surface area contributed by atoms with Gasteiger partial charge in [0.15, 0.2) is 29.0 Å². The van der Waals surface area contributed by atoms with Gasteiger partial charge >= 0.3 is 0 Å². The summed E-state index contributed by atoms with van der Waals surface area (Å²) in [6, 6.07) is 23.8. The molecule has 10 heteroatoms. The summed E-state index contributed by atoms with van der Waals surface area (Å²) in [6.45, 7) is 0.699. The Morgan fingerprint density at radius 2 is 1.62 bits per heavy atom. The summed E-state index contributed by atoms with van der Waals surface area (Å²) < 4.78 is 12.9. The second-order valence-electron chi connectivity index (χ2n) is 9.40. The standard InChI is InChI=1S/C29H25N7O3/c1-38-23-15-18-13-14-34-27(33-36(20-11-7-4-8-12-20)29(34)21(18)16-24(23)39-2)25-22-17-35(19-9-5-3-6-10-19)32-26(22)28(37)31-30-25/h3-12,15-17,29H,13-14H2,1-2H3,(H,31,37). The zero-order valence-corrected chi connectivity index (χ0v) is 21.4. The minimum atomic E-state index is -0.348. The lowest BCUT2D eigenvalue weighted by molar-refractivity contribution is 0.311. The number of hydrogen-bond donors (Lipinski definition) is 1. The third kappa shape index (κ3) is 3.63. The smallest absolute Gasteiger partial charge is 0.292 e. The van der Waals surface area contributed by atoms with Crippen molar-refractivity contribution < 1.29 is 9.47 Å². The van der Waals surface area contributed by atoms with Gasteiger partial charge in [-0.2, -0.15) is 10.2 Å². The zero-order chi connectivity index (χ0) is 26.5. The average molecular weight is 520 g/mol. The van der Waals surface area contributed by atoms with Crippen molar-refractivity contribution in [3.63, 3.8) is 0 Å². The van der Waals surface area contributed by atoms with E-state index in [0.29, 0.717) is 40.5 Å². The molecule has 2 aliphatic rings. The van der Waals surface area contributed by atoms with Gasteiger partial charge in [0.2, 0.25) is 0 Å². The molecule has 194 valence electrons. The van der Waals surface area contributed by atoms with Gasteiger partial charge in [-0.3, -0.25) is 4.79 Å². The lowest BCUT2D eigenvalue weighted by atomic mass is 9.95. The van der Waals surface area contributed by atoms with Gasteiger partial charge in [-0.25, -0.2) is 14.8 Å². The fourth-order valence-electron chi connectivity index (χ4n) is 5.41. The highest BCUT2D eigenvalue weighted by Gasteiger charge is 2.42. The number of H-pyrrole nitrogens is 1. The predicted molar refractivity (Wildman–Crippen MR) is 148 cm³/mol. The molecule has 4 heterocycles. The number of aromatic amines is 1. The van der Waals surface area contributed by atoms with Crippen LogP contribution in [0, 0.1) is 0 Å². The molecule has 0 saturated carbocycles. The summed E-state index contributed by atoms with van der Waals surface area (Å²) >= 11 is 0. The molecule has 10 nitrogen and oxygen atoms in total. The van der Waals surface area contributed by atoms with Crippen molar-refractivity contribution >= 4 is 22.4 Å². The number of nitrogens with zero attached hydrogens (tertiary/aromatic N) is 6. The molecule has 0 aliphatic carbocycles. The Hall–Kier alpha value is -5.12. The van der Waals surface area contributed by atoms with Crippen LogP contribution in [0.3, 0.4) is 0 Å². The fourth-order valence-corrected chi connectivity index (χ4v) is 5.41. The quantitative estimate of drug-likeness (QED) is 0.376. The molecule has 7 rings (SSSR count). The Labute approximate surface area is 223 Å². The second kappa shape index (κ2) is 9.02. The van der Waals surface area contributed by atoms with Gasteiger partial charge in [0.25, 0.3) is 5.56 Å². The van der Waals surface area contributed by atoms with Crippen LogP contribution >= 0.6 is 0 Å². The van der Waals surface area contributed by atoms with E-state index in [1.165, 1.54) is 5.56 Å². The number of benzene rings is 3. The Morgan fingerprint density at radius 1 is 0.923 bits per heavy atom. The normalized spacial score (nSPS) is 16.2. The van der Waals surface area contributed by atoms with Crippen molar-refractivity contribution in [2.45, 2.75) is 12.6 Å². The van der Waals surface area contributed by atoms with Crippen molar-refractivity contribution in [3.8, 4) is 17.2 Å². The van der Waals surface area contributed by atoms with Crippen LogP contribution in [0.15, 0.2) is 88.9 Å². The first-order chi connectivity index (χ1) is 19.2. The van der Waals surface area contributed by atoms with Crippen LogP contribution in [0.25, 0.3) is 16.6 Å². The Kier molecular flexibility index (Phi) is 5.32. The first-order valence-electron chi connectivity index (χ1n) is 12.6. The minimum absolute atomic E-state index is 0.237. The van der Waals surface area contributed by atoms with E-state index < -0.39 is 0 Å². The number of fused-ring (bicyclic) bond motifs is 4.